The lowest BCUT2D eigenvalue weighted by atomic mass is 10.1. The molecule has 0 amide bonds. The number of aliphatic hydroxyl groups excluding tert-OH is 1. The highest BCUT2D eigenvalue weighted by Crippen LogP contribution is 2.34. The van der Waals surface area contributed by atoms with Crippen LogP contribution in [-0.4, -0.2) is 31.9 Å². The van der Waals surface area contributed by atoms with E-state index in [2.05, 4.69) is 0 Å². The Morgan fingerprint density at radius 1 is 1.29 bits per heavy atom. The Morgan fingerprint density at radius 3 is 2.24 bits per heavy atom. The Hall–Kier alpha value is -1.75. The van der Waals surface area contributed by atoms with Gasteiger partial charge in [-0.2, -0.15) is 0 Å². The topological polar surface area (TPSA) is 65.0 Å². The van der Waals surface area contributed by atoms with Crippen LogP contribution in [0, 0.1) is 0 Å². The van der Waals surface area contributed by atoms with Gasteiger partial charge in [-0.15, -0.1) is 0 Å². The van der Waals surface area contributed by atoms with Crippen LogP contribution in [0.1, 0.15) is 18.6 Å². The van der Waals surface area contributed by atoms with E-state index in [1.165, 1.54) is 14.2 Å². The summed E-state index contributed by atoms with van der Waals surface area (Å²) in [5.74, 6) is 0.0325. The van der Waals surface area contributed by atoms with E-state index in [1.807, 2.05) is 0 Å². The molecule has 1 rings (SSSR count). The van der Waals surface area contributed by atoms with Gasteiger partial charge in [0.1, 0.15) is 11.5 Å². The molecule has 0 aromatic heterocycles. The second-order valence-electron chi connectivity index (χ2n) is 3.23. The molecule has 0 spiro atoms. The quantitative estimate of drug-likeness (QED) is 0.786. The molecule has 0 unspecified atom stereocenters. The number of hydrogen-bond acceptors (Lipinski definition) is 5. The van der Waals surface area contributed by atoms with Gasteiger partial charge >= 0.3 is 5.97 Å². The number of ether oxygens (including phenoxy) is 3. The van der Waals surface area contributed by atoms with Crippen molar-refractivity contribution in [3.63, 3.8) is 0 Å². The predicted molar refractivity (Wildman–Crippen MR) is 61.1 cm³/mol. The molecule has 0 saturated carbocycles. The van der Waals surface area contributed by atoms with E-state index in [0.29, 0.717) is 11.5 Å². The van der Waals surface area contributed by atoms with Crippen LogP contribution < -0.4 is 9.47 Å². The van der Waals surface area contributed by atoms with Crippen LogP contribution in [0.5, 0.6) is 11.5 Å². The van der Waals surface area contributed by atoms with Gasteiger partial charge in [0.15, 0.2) is 6.10 Å². The number of methoxy groups -OCH3 is 2. The summed E-state index contributed by atoms with van der Waals surface area (Å²) in [5.41, 5.74) is 0.274. The van der Waals surface area contributed by atoms with Gasteiger partial charge in [0, 0.05) is 0 Å². The average Bonchev–Trinajstić information content (AvgIpc) is 2.37. The number of esters is 1. The lowest BCUT2D eigenvalue weighted by Crippen LogP contribution is -2.17. The Bertz CT molecular complexity index is 366. The second-order valence-corrected chi connectivity index (χ2v) is 3.23. The summed E-state index contributed by atoms with van der Waals surface area (Å²) in [6, 6.07) is 4.99. The molecule has 1 atom stereocenters. The Morgan fingerprint density at radius 2 is 1.82 bits per heavy atom. The summed E-state index contributed by atoms with van der Waals surface area (Å²) in [4.78, 5) is 11.5. The van der Waals surface area contributed by atoms with Gasteiger partial charge in [0.25, 0.3) is 0 Å². The van der Waals surface area contributed by atoms with Crippen molar-refractivity contribution in [3.8, 4) is 11.5 Å². The SMILES string of the molecule is CCOC(=O)[C@H](O)c1c(OC)cccc1OC. The molecule has 0 bridgehead atoms. The van der Waals surface area contributed by atoms with Crippen LogP contribution in [0.2, 0.25) is 0 Å². The number of hydrogen-bond donors (Lipinski definition) is 1. The summed E-state index contributed by atoms with van der Waals surface area (Å²) >= 11 is 0. The van der Waals surface area contributed by atoms with E-state index in [-0.39, 0.29) is 12.2 Å². The zero-order chi connectivity index (χ0) is 12.8. The minimum absolute atomic E-state index is 0.202. The van der Waals surface area contributed by atoms with Gasteiger partial charge in [0.2, 0.25) is 0 Å². The third-order valence-electron chi connectivity index (χ3n) is 2.25. The third-order valence-corrected chi connectivity index (χ3v) is 2.25. The summed E-state index contributed by atoms with van der Waals surface area (Å²) in [5, 5.41) is 9.91. The molecule has 1 aromatic rings. The van der Waals surface area contributed by atoms with Crippen molar-refractivity contribution in [2.24, 2.45) is 0 Å². The van der Waals surface area contributed by atoms with Crippen LogP contribution in [0.25, 0.3) is 0 Å². The van der Waals surface area contributed by atoms with Crippen molar-refractivity contribution in [1.82, 2.24) is 0 Å². The van der Waals surface area contributed by atoms with Gasteiger partial charge in [-0.05, 0) is 19.1 Å². The normalized spacial score (nSPS) is 11.8. The smallest absolute Gasteiger partial charge is 0.339 e. The first-order valence-electron chi connectivity index (χ1n) is 5.21. The molecule has 0 aliphatic carbocycles. The molecule has 17 heavy (non-hydrogen) atoms. The Labute approximate surface area is 99.9 Å². The lowest BCUT2D eigenvalue weighted by Gasteiger charge is -2.16. The van der Waals surface area contributed by atoms with E-state index in [1.54, 1.807) is 25.1 Å². The van der Waals surface area contributed by atoms with Crippen molar-refractivity contribution in [1.29, 1.82) is 0 Å². The summed E-state index contributed by atoms with van der Waals surface area (Å²) in [6.07, 6.45) is -1.42. The van der Waals surface area contributed by atoms with E-state index in [9.17, 15) is 9.90 Å². The van der Waals surface area contributed by atoms with Crippen molar-refractivity contribution in [3.05, 3.63) is 23.8 Å². The highest BCUT2D eigenvalue weighted by atomic mass is 16.5. The zero-order valence-electron chi connectivity index (χ0n) is 10.1. The van der Waals surface area contributed by atoms with Gasteiger partial charge < -0.3 is 19.3 Å². The van der Waals surface area contributed by atoms with E-state index < -0.39 is 12.1 Å². The van der Waals surface area contributed by atoms with Crippen LogP contribution in [0.4, 0.5) is 0 Å². The number of aliphatic hydroxyl groups is 1. The Kier molecular flexibility index (Phi) is 4.78. The average molecular weight is 240 g/mol. The van der Waals surface area contributed by atoms with Gasteiger partial charge in [-0.1, -0.05) is 6.07 Å². The molecule has 5 nitrogen and oxygen atoms in total. The summed E-state index contributed by atoms with van der Waals surface area (Å²) < 4.78 is 14.9. The largest absolute Gasteiger partial charge is 0.496 e. The minimum Gasteiger partial charge on any atom is -0.496 e. The first-order chi connectivity index (χ1) is 8.15. The molecule has 1 N–H and O–H groups in total. The van der Waals surface area contributed by atoms with Gasteiger partial charge in [-0.3, -0.25) is 0 Å². The van der Waals surface area contributed by atoms with Crippen LogP contribution in [-0.2, 0) is 9.53 Å². The number of benzene rings is 1. The molecule has 0 aliphatic heterocycles. The summed E-state index contributed by atoms with van der Waals surface area (Å²) in [6.45, 7) is 1.87. The van der Waals surface area contributed by atoms with Crippen molar-refractivity contribution < 1.29 is 24.1 Å². The third kappa shape index (κ3) is 2.88. The fraction of sp³-hybridized carbons (Fsp3) is 0.417. The van der Waals surface area contributed by atoms with Crippen molar-refractivity contribution >= 4 is 5.97 Å². The second kappa shape index (κ2) is 6.10. The standard InChI is InChI=1S/C12H16O5/c1-4-17-12(14)11(13)10-8(15-2)6-5-7-9(10)16-3/h5-7,11,13H,4H2,1-3H3/t11-/m1/s1. The van der Waals surface area contributed by atoms with Crippen molar-refractivity contribution in [2.45, 2.75) is 13.0 Å². The summed E-state index contributed by atoms with van der Waals surface area (Å²) in [7, 11) is 2.91. The molecule has 1 aromatic carbocycles. The van der Waals surface area contributed by atoms with Crippen LogP contribution >= 0.6 is 0 Å². The van der Waals surface area contributed by atoms with Gasteiger partial charge in [-0.25, -0.2) is 4.79 Å². The van der Waals surface area contributed by atoms with Crippen LogP contribution in [0.15, 0.2) is 18.2 Å². The highest BCUT2D eigenvalue weighted by Gasteiger charge is 2.26. The van der Waals surface area contributed by atoms with Gasteiger partial charge in [0.05, 0.1) is 26.4 Å². The lowest BCUT2D eigenvalue weighted by molar-refractivity contribution is -0.153. The highest BCUT2D eigenvalue weighted by molar-refractivity contribution is 5.78. The fourth-order valence-electron chi connectivity index (χ4n) is 1.49. The number of rotatable bonds is 5. The molecule has 94 valence electrons. The monoisotopic (exact) mass is 240 g/mol. The predicted octanol–water partition coefficient (Wildman–Crippen LogP) is 1.30. The molecule has 0 radical (unpaired) electrons. The minimum atomic E-state index is -1.42. The van der Waals surface area contributed by atoms with Crippen molar-refractivity contribution in [2.75, 3.05) is 20.8 Å². The maximum absolute atomic E-state index is 11.5. The number of carbonyl (C=O) groups is 1. The van der Waals surface area contributed by atoms with E-state index in [0.717, 1.165) is 0 Å². The Balaban J connectivity index is 3.13. The molecule has 0 fully saturated rings. The molecule has 0 aliphatic rings. The first kappa shape index (κ1) is 13.3. The first-order valence-corrected chi connectivity index (χ1v) is 5.21. The molecule has 0 saturated heterocycles. The zero-order valence-corrected chi connectivity index (χ0v) is 10.1. The molecule has 5 heteroatoms. The maximum atomic E-state index is 11.5. The molecule has 0 heterocycles. The fourth-order valence-corrected chi connectivity index (χ4v) is 1.49. The maximum Gasteiger partial charge on any atom is 0.339 e. The van der Waals surface area contributed by atoms with Crippen LogP contribution in [0.3, 0.4) is 0 Å². The van der Waals surface area contributed by atoms with E-state index >= 15 is 0 Å². The molecular formula is C12H16O5. The number of carbonyl (C=O) groups excluding carboxylic acids is 1. The van der Waals surface area contributed by atoms with E-state index in [4.69, 9.17) is 14.2 Å². The molecular weight excluding hydrogens is 224 g/mol.